The van der Waals surface area contributed by atoms with Crippen LogP contribution < -0.4 is 10.6 Å². The summed E-state index contributed by atoms with van der Waals surface area (Å²) in [5.74, 6) is -1.86. The number of hydrogen-bond donors (Lipinski definition) is 2. The Morgan fingerprint density at radius 2 is 1.66 bits per heavy atom. The van der Waals surface area contributed by atoms with E-state index in [-0.39, 0.29) is 37.8 Å². The summed E-state index contributed by atoms with van der Waals surface area (Å²) in [6, 6.07) is 13.5. The van der Waals surface area contributed by atoms with E-state index < -0.39 is 18.5 Å². The maximum atomic E-state index is 12.1. The van der Waals surface area contributed by atoms with E-state index in [9.17, 15) is 19.2 Å². The molecule has 2 amide bonds. The Morgan fingerprint density at radius 1 is 0.897 bits per heavy atom. The Hall–Kier alpha value is -3.42. The van der Waals surface area contributed by atoms with Gasteiger partial charge in [-0.15, -0.1) is 0 Å². The first-order chi connectivity index (χ1) is 14.0. The van der Waals surface area contributed by atoms with Crippen molar-refractivity contribution in [2.75, 3.05) is 26.8 Å². The van der Waals surface area contributed by atoms with Crippen molar-refractivity contribution >= 4 is 34.5 Å². The van der Waals surface area contributed by atoms with E-state index in [4.69, 9.17) is 4.74 Å². The van der Waals surface area contributed by atoms with Crippen LogP contribution in [0.25, 0.3) is 10.8 Å². The number of benzene rings is 2. The number of fused-ring (bicyclic) bond motifs is 1. The molecule has 8 heteroatoms. The van der Waals surface area contributed by atoms with Crippen LogP contribution in [-0.4, -0.2) is 50.6 Å². The van der Waals surface area contributed by atoms with Crippen LogP contribution in [-0.2, 0) is 35.1 Å². The van der Waals surface area contributed by atoms with Crippen LogP contribution in [0.3, 0.4) is 0 Å². The molecule has 0 aliphatic heterocycles. The highest BCUT2D eigenvalue weighted by molar-refractivity contribution is 5.91. The van der Waals surface area contributed by atoms with Gasteiger partial charge < -0.3 is 20.1 Å². The van der Waals surface area contributed by atoms with E-state index in [1.165, 1.54) is 7.11 Å². The molecule has 0 unspecified atom stereocenters. The number of ether oxygens (including phenoxy) is 2. The van der Waals surface area contributed by atoms with Crippen LogP contribution in [0.4, 0.5) is 0 Å². The van der Waals surface area contributed by atoms with Crippen molar-refractivity contribution in [1.29, 1.82) is 0 Å². The van der Waals surface area contributed by atoms with E-state index in [1.807, 2.05) is 42.5 Å². The highest BCUT2D eigenvalue weighted by atomic mass is 16.5. The van der Waals surface area contributed by atoms with Crippen LogP contribution in [0.5, 0.6) is 0 Å². The molecular weight excluding hydrogens is 376 g/mol. The van der Waals surface area contributed by atoms with Crippen molar-refractivity contribution in [3.05, 3.63) is 48.0 Å². The molecule has 2 aromatic rings. The molecule has 0 heterocycles. The number of esters is 2. The summed E-state index contributed by atoms with van der Waals surface area (Å²) in [7, 11) is 1.29. The normalized spacial score (nSPS) is 10.2. The first-order valence-electron chi connectivity index (χ1n) is 9.22. The molecule has 0 saturated carbocycles. The second-order valence-corrected chi connectivity index (χ2v) is 6.28. The van der Waals surface area contributed by atoms with Gasteiger partial charge >= 0.3 is 11.9 Å². The van der Waals surface area contributed by atoms with Crippen molar-refractivity contribution in [2.45, 2.75) is 19.3 Å². The van der Waals surface area contributed by atoms with E-state index in [0.29, 0.717) is 6.42 Å². The second-order valence-electron chi connectivity index (χ2n) is 6.28. The fraction of sp³-hybridized carbons (Fsp3) is 0.333. The number of amides is 2. The van der Waals surface area contributed by atoms with Crippen LogP contribution >= 0.6 is 0 Å². The van der Waals surface area contributed by atoms with Crippen LogP contribution in [0, 0.1) is 0 Å². The molecule has 8 nitrogen and oxygen atoms in total. The summed E-state index contributed by atoms with van der Waals surface area (Å²) in [6.07, 6.45) is 0.755. The van der Waals surface area contributed by atoms with Crippen molar-refractivity contribution in [3.8, 4) is 0 Å². The first kappa shape index (κ1) is 21.9. The lowest BCUT2D eigenvalue weighted by Gasteiger charge is -2.09. The van der Waals surface area contributed by atoms with Gasteiger partial charge in [0, 0.05) is 13.0 Å². The van der Waals surface area contributed by atoms with Gasteiger partial charge in [0.05, 0.1) is 13.5 Å². The molecule has 2 N–H and O–H groups in total. The van der Waals surface area contributed by atoms with Crippen LogP contribution in [0.15, 0.2) is 42.5 Å². The minimum absolute atomic E-state index is 0.134. The standard InChI is InChI=1S/C21H24N2O6/c1-28-20(26)10-5-11-22-19(25)14-29-21(27)13-23-18(24)12-16-8-4-7-15-6-2-3-9-17(15)16/h2-4,6-9H,5,10-14H2,1H3,(H,22,25)(H,23,24). The summed E-state index contributed by atoms with van der Waals surface area (Å²) < 4.78 is 9.30. The fourth-order valence-corrected chi connectivity index (χ4v) is 2.66. The third-order valence-electron chi connectivity index (χ3n) is 4.13. The maximum absolute atomic E-state index is 12.1. The lowest BCUT2D eigenvalue weighted by molar-refractivity contribution is -0.148. The number of methoxy groups -OCH3 is 1. The molecule has 0 atom stereocenters. The molecule has 0 bridgehead atoms. The minimum atomic E-state index is -0.707. The van der Waals surface area contributed by atoms with Crippen molar-refractivity contribution < 1.29 is 28.7 Å². The lowest BCUT2D eigenvalue weighted by Crippen LogP contribution is -2.34. The average molecular weight is 400 g/mol. The zero-order valence-corrected chi connectivity index (χ0v) is 16.2. The zero-order chi connectivity index (χ0) is 21.1. The molecule has 29 heavy (non-hydrogen) atoms. The Bertz CT molecular complexity index is 875. The summed E-state index contributed by atoms with van der Waals surface area (Å²) in [6.45, 7) is -0.497. The minimum Gasteiger partial charge on any atom is -0.469 e. The van der Waals surface area contributed by atoms with Crippen LogP contribution in [0.1, 0.15) is 18.4 Å². The third kappa shape index (κ3) is 7.61. The molecular formula is C21H24N2O6. The predicted molar refractivity (Wildman–Crippen MR) is 106 cm³/mol. The molecule has 0 aliphatic rings. The molecule has 0 spiro atoms. The molecule has 0 aromatic heterocycles. The van der Waals surface area contributed by atoms with E-state index >= 15 is 0 Å². The van der Waals surface area contributed by atoms with Gasteiger partial charge in [-0.25, -0.2) is 0 Å². The largest absolute Gasteiger partial charge is 0.469 e. The Kier molecular flexibility index (Phi) is 8.62. The number of carbonyl (C=O) groups is 4. The zero-order valence-electron chi connectivity index (χ0n) is 16.2. The third-order valence-corrected chi connectivity index (χ3v) is 4.13. The van der Waals surface area contributed by atoms with Crippen molar-refractivity contribution in [1.82, 2.24) is 10.6 Å². The predicted octanol–water partition coefficient (Wildman–Crippen LogP) is 1.11. The molecule has 154 valence electrons. The van der Waals surface area contributed by atoms with Crippen molar-refractivity contribution in [3.63, 3.8) is 0 Å². The quantitative estimate of drug-likeness (QED) is 0.457. The smallest absolute Gasteiger partial charge is 0.325 e. The fourth-order valence-electron chi connectivity index (χ4n) is 2.66. The number of hydrogen-bond acceptors (Lipinski definition) is 6. The summed E-state index contributed by atoms with van der Waals surface area (Å²) >= 11 is 0. The molecule has 0 aliphatic carbocycles. The van der Waals surface area contributed by atoms with E-state index in [2.05, 4.69) is 15.4 Å². The Morgan fingerprint density at radius 3 is 2.45 bits per heavy atom. The van der Waals surface area contributed by atoms with Gasteiger partial charge in [-0.05, 0) is 22.8 Å². The monoisotopic (exact) mass is 400 g/mol. The van der Waals surface area contributed by atoms with Gasteiger partial charge in [0.2, 0.25) is 5.91 Å². The summed E-state index contributed by atoms with van der Waals surface area (Å²) in [5.41, 5.74) is 0.861. The second kappa shape index (κ2) is 11.4. The van der Waals surface area contributed by atoms with Gasteiger partial charge in [-0.2, -0.15) is 0 Å². The van der Waals surface area contributed by atoms with Gasteiger partial charge in [0.15, 0.2) is 6.61 Å². The topological polar surface area (TPSA) is 111 Å². The van der Waals surface area contributed by atoms with E-state index in [1.54, 1.807) is 0 Å². The van der Waals surface area contributed by atoms with E-state index in [0.717, 1.165) is 16.3 Å². The SMILES string of the molecule is COC(=O)CCCNC(=O)COC(=O)CNC(=O)Cc1cccc2ccccc12. The highest BCUT2D eigenvalue weighted by Gasteiger charge is 2.11. The molecule has 0 fully saturated rings. The van der Waals surface area contributed by atoms with Gasteiger partial charge in [-0.3, -0.25) is 19.2 Å². The van der Waals surface area contributed by atoms with Gasteiger partial charge in [0.25, 0.3) is 5.91 Å². The number of rotatable bonds is 10. The van der Waals surface area contributed by atoms with Gasteiger partial charge in [-0.1, -0.05) is 42.5 Å². The molecule has 0 radical (unpaired) electrons. The summed E-state index contributed by atoms with van der Waals surface area (Å²) in [5, 5.41) is 7.03. The summed E-state index contributed by atoms with van der Waals surface area (Å²) in [4.78, 5) is 46.3. The molecule has 0 saturated heterocycles. The number of nitrogens with one attached hydrogen (secondary N) is 2. The molecule has 2 rings (SSSR count). The Balaban J connectivity index is 1.66. The van der Waals surface area contributed by atoms with Crippen molar-refractivity contribution in [2.24, 2.45) is 0 Å². The Labute approximate surface area is 168 Å². The molecule has 2 aromatic carbocycles. The van der Waals surface area contributed by atoms with Crippen LogP contribution in [0.2, 0.25) is 0 Å². The average Bonchev–Trinajstić information content (AvgIpc) is 2.73. The number of carbonyl (C=O) groups excluding carboxylic acids is 4. The highest BCUT2D eigenvalue weighted by Crippen LogP contribution is 2.18. The van der Waals surface area contributed by atoms with Gasteiger partial charge in [0.1, 0.15) is 6.54 Å². The first-order valence-corrected chi connectivity index (χ1v) is 9.22. The maximum Gasteiger partial charge on any atom is 0.325 e. The lowest BCUT2D eigenvalue weighted by atomic mass is 10.0.